The highest BCUT2D eigenvalue weighted by molar-refractivity contribution is 7.97. The van der Waals surface area contributed by atoms with Gasteiger partial charge in [0.25, 0.3) is 0 Å². The van der Waals surface area contributed by atoms with Gasteiger partial charge in [-0.1, -0.05) is 84.4 Å². The van der Waals surface area contributed by atoms with Gasteiger partial charge >= 0.3 is 0 Å². The van der Waals surface area contributed by atoms with Crippen LogP contribution in [0.5, 0.6) is 0 Å². The van der Waals surface area contributed by atoms with E-state index in [1.54, 1.807) is 11.9 Å². The average molecular weight is 337 g/mol. The van der Waals surface area contributed by atoms with Crippen LogP contribution in [0.15, 0.2) is 95.9 Å². The number of rotatable bonds is 5. The summed E-state index contributed by atoms with van der Waals surface area (Å²) in [6, 6.07) is 30.6. The zero-order valence-corrected chi connectivity index (χ0v) is 14.7. The van der Waals surface area contributed by atoms with Gasteiger partial charge in [-0.2, -0.15) is 0 Å². The predicted molar refractivity (Wildman–Crippen MR) is 105 cm³/mol. The van der Waals surface area contributed by atoms with Crippen LogP contribution in [0, 0.1) is 6.92 Å². The van der Waals surface area contributed by atoms with Crippen molar-refractivity contribution < 1.29 is 0 Å². The molecular formula is C21H24N2S. The fraction of sp³-hybridized carbons (Fsp3) is 0.143. The molecule has 124 valence electrons. The molecule has 0 radical (unpaired) electrons. The highest BCUT2D eigenvalue weighted by Gasteiger charge is 2.04. The summed E-state index contributed by atoms with van der Waals surface area (Å²) in [6.45, 7) is 2.84. The molecule has 3 aromatic rings. The van der Waals surface area contributed by atoms with Crippen LogP contribution in [0.2, 0.25) is 0 Å². The fourth-order valence-electron chi connectivity index (χ4n) is 2.02. The van der Waals surface area contributed by atoms with Crippen molar-refractivity contribution in [1.82, 2.24) is 4.72 Å². The van der Waals surface area contributed by atoms with E-state index in [1.165, 1.54) is 10.5 Å². The third-order valence-corrected chi connectivity index (χ3v) is 4.23. The van der Waals surface area contributed by atoms with E-state index in [9.17, 15) is 0 Å². The van der Waals surface area contributed by atoms with Gasteiger partial charge < -0.3 is 5.73 Å². The Bertz CT molecular complexity index is 643. The van der Waals surface area contributed by atoms with Gasteiger partial charge in [0.1, 0.15) is 0 Å². The van der Waals surface area contributed by atoms with Crippen molar-refractivity contribution in [1.29, 1.82) is 0 Å². The maximum Gasteiger partial charge on any atom is 0.0431 e. The summed E-state index contributed by atoms with van der Waals surface area (Å²) in [5, 5.41) is 0. The van der Waals surface area contributed by atoms with E-state index in [-0.39, 0.29) is 6.04 Å². The highest BCUT2D eigenvalue weighted by atomic mass is 32.2. The molecule has 0 bridgehead atoms. The molecule has 3 aromatic carbocycles. The SMILES string of the molecule is Cc1ccc(SNC[C@@H](N)c2ccccc2)cc1.c1ccccc1. The van der Waals surface area contributed by atoms with Gasteiger partial charge in [-0.3, -0.25) is 4.72 Å². The van der Waals surface area contributed by atoms with Crippen LogP contribution in [-0.4, -0.2) is 6.54 Å². The largest absolute Gasteiger partial charge is 0.323 e. The quantitative estimate of drug-likeness (QED) is 0.645. The smallest absolute Gasteiger partial charge is 0.0431 e. The summed E-state index contributed by atoms with van der Waals surface area (Å²) in [7, 11) is 0. The van der Waals surface area contributed by atoms with Crippen LogP contribution in [-0.2, 0) is 0 Å². The molecule has 0 aliphatic rings. The lowest BCUT2D eigenvalue weighted by Crippen LogP contribution is -2.22. The lowest BCUT2D eigenvalue weighted by atomic mass is 10.1. The monoisotopic (exact) mass is 336 g/mol. The molecular weight excluding hydrogens is 312 g/mol. The summed E-state index contributed by atoms with van der Waals surface area (Å²) in [4.78, 5) is 1.21. The van der Waals surface area contributed by atoms with E-state index in [0.717, 1.165) is 12.1 Å². The van der Waals surface area contributed by atoms with Crippen molar-refractivity contribution in [3.63, 3.8) is 0 Å². The van der Waals surface area contributed by atoms with E-state index < -0.39 is 0 Å². The van der Waals surface area contributed by atoms with E-state index in [0.29, 0.717) is 0 Å². The van der Waals surface area contributed by atoms with Crippen molar-refractivity contribution in [2.24, 2.45) is 5.73 Å². The molecule has 3 N–H and O–H groups in total. The molecule has 0 aliphatic carbocycles. The van der Waals surface area contributed by atoms with E-state index in [2.05, 4.69) is 48.0 Å². The van der Waals surface area contributed by atoms with Gasteiger partial charge in [0.2, 0.25) is 0 Å². The molecule has 0 heterocycles. The Balaban J connectivity index is 0.000000292. The highest BCUT2D eigenvalue weighted by Crippen LogP contribution is 2.16. The lowest BCUT2D eigenvalue weighted by molar-refractivity contribution is 0.709. The summed E-state index contributed by atoms with van der Waals surface area (Å²) in [6.07, 6.45) is 0. The number of aryl methyl sites for hydroxylation is 1. The molecule has 0 spiro atoms. The number of nitrogens with one attached hydrogen (secondary N) is 1. The van der Waals surface area contributed by atoms with Gasteiger partial charge in [0.05, 0.1) is 0 Å². The van der Waals surface area contributed by atoms with Gasteiger partial charge in [0, 0.05) is 17.5 Å². The second kappa shape index (κ2) is 10.7. The Morgan fingerprint density at radius 3 is 1.83 bits per heavy atom. The normalized spacial score (nSPS) is 11.2. The van der Waals surface area contributed by atoms with Crippen molar-refractivity contribution in [2.75, 3.05) is 6.54 Å². The van der Waals surface area contributed by atoms with Crippen LogP contribution in [0.4, 0.5) is 0 Å². The second-order valence-electron chi connectivity index (χ2n) is 5.44. The number of hydrogen-bond acceptors (Lipinski definition) is 3. The minimum absolute atomic E-state index is 0.0316. The second-order valence-corrected chi connectivity index (χ2v) is 6.40. The van der Waals surface area contributed by atoms with Gasteiger partial charge in [-0.05, 0) is 36.6 Å². The minimum atomic E-state index is 0.0316. The maximum atomic E-state index is 6.11. The standard InChI is InChI=1S/C15H18N2S.C6H6/c1-12-7-9-14(10-8-12)18-17-11-15(16)13-5-3-2-4-6-13;1-2-4-6-5-3-1/h2-10,15,17H,11,16H2,1H3;1-6H/t15-;/m1./s1. The molecule has 0 amide bonds. The van der Waals surface area contributed by atoms with Gasteiger partial charge in [-0.15, -0.1) is 0 Å². The molecule has 3 heteroatoms. The zero-order valence-electron chi connectivity index (χ0n) is 13.9. The molecule has 0 saturated heterocycles. The Morgan fingerprint density at radius 1 is 0.792 bits per heavy atom. The van der Waals surface area contributed by atoms with Crippen molar-refractivity contribution in [3.05, 3.63) is 102 Å². The van der Waals surface area contributed by atoms with Crippen molar-refractivity contribution in [2.45, 2.75) is 17.9 Å². The van der Waals surface area contributed by atoms with Crippen molar-refractivity contribution >= 4 is 11.9 Å². The third-order valence-electron chi connectivity index (χ3n) is 3.41. The van der Waals surface area contributed by atoms with Crippen LogP contribution in [0.25, 0.3) is 0 Å². The molecule has 1 atom stereocenters. The third kappa shape index (κ3) is 7.01. The van der Waals surface area contributed by atoms with Crippen molar-refractivity contribution in [3.8, 4) is 0 Å². The van der Waals surface area contributed by atoms with E-state index in [1.807, 2.05) is 54.6 Å². The first kappa shape index (κ1) is 18.3. The Labute approximate surface area is 149 Å². The summed E-state index contributed by atoms with van der Waals surface area (Å²) >= 11 is 1.62. The van der Waals surface area contributed by atoms with Crippen LogP contribution in [0.3, 0.4) is 0 Å². The summed E-state index contributed by atoms with van der Waals surface area (Å²) in [5.41, 5.74) is 8.55. The Kier molecular flexibility index (Phi) is 8.11. The van der Waals surface area contributed by atoms with Gasteiger partial charge in [0.15, 0.2) is 0 Å². The molecule has 0 aromatic heterocycles. The molecule has 3 rings (SSSR count). The van der Waals surface area contributed by atoms with E-state index >= 15 is 0 Å². The summed E-state index contributed by atoms with van der Waals surface area (Å²) < 4.78 is 3.31. The zero-order chi connectivity index (χ0) is 17.0. The van der Waals surface area contributed by atoms with Crippen LogP contribution >= 0.6 is 11.9 Å². The molecule has 2 nitrogen and oxygen atoms in total. The first-order chi connectivity index (χ1) is 11.8. The molecule has 0 unspecified atom stereocenters. The Hall–Kier alpha value is -2.07. The predicted octanol–water partition coefficient (Wildman–Crippen LogP) is 4.98. The summed E-state index contributed by atoms with van der Waals surface area (Å²) in [5.74, 6) is 0. The molecule has 0 saturated carbocycles. The maximum absolute atomic E-state index is 6.11. The molecule has 24 heavy (non-hydrogen) atoms. The number of nitrogens with two attached hydrogens (primary N) is 1. The van der Waals surface area contributed by atoms with Gasteiger partial charge in [-0.25, -0.2) is 0 Å². The van der Waals surface area contributed by atoms with Crippen LogP contribution in [0.1, 0.15) is 17.2 Å². The number of benzene rings is 3. The number of hydrogen-bond donors (Lipinski definition) is 2. The first-order valence-corrected chi connectivity index (χ1v) is 8.84. The first-order valence-electron chi connectivity index (χ1n) is 8.02. The van der Waals surface area contributed by atoms with E-state index in [4.69, 9.17) is 5.73 Å². The fourth-order valence-corrected chi connectivity index (χ4v) is 2.73. The average Bonchev–Trinajstić information content (AvgIpc) is 2.66. The Morgan fingerprint density at radius 2 is 1.29 bits per heavy atom. The molecule has 0 fully saturated rings. The molecule has 0 aliphatic heterocycles. The van der Waals surface area contributed by atoms with Crippen LogP contribution < -0.4 is 10.5 Å². The minimum Gasteiger partial charge on any atom is -0.323 e. The lowest BCUT2D eigenvalue weighted by Gasteiger charge is -2.12. The topological polar surface area (TPSA) is 38.0 Å².